The van der Waals surface area contributed by atoms with Gasteiger partial charge in [-0.1, -0.05) is 28.9 Å². The molecule has 2 rings (SSSR count). The first-order chi connectivity index (χ1) is 11.8. The highest BCUT2D eigenvalue weighted by Gasteiger charge is 2.27. The third-order valence-corrected chi connectivity index (χ3v) is 5.17. The second-order valence-corrected chi connectivity index (χ2v) is 7.55. The Morgan fingerprint density at radius 1 is 1.16 bits per heavy atom. The smallest absolute Gasteiger partial charge is 0.413 e. The normalized spacial score (nSPS) is 12.8. The number of pyridine rings is 1. The zero-order chi connectivity index (χ0) is 18.4. The Hall–Kier alpha value is -2.74. The maximum Gasteiger partial charge on any atom is 0.536 e. The molecule has 0 aliphatic heterocycles. The summed E-state index contributed by atoms with van der Waals surface area (Å²) in [6.07, 6.45) is 0.0139. The van der Waals surface area contributed by atoms with Crippen LogP contribution in [0.2, 0.25) is 0 Å². The Morgan fingerprint density at radius 2 is 1.84 bits per heavy atom. The van der Waals surface area contributed by atoms with Crippen LogP contribution in [0.25, 0.3) is 0 Å². The molecule has 0 fully saturated rings. The summed E-state index contributed by atoms with van der Waals surface area (Å²) in [6, 6.07) is 11.5. The number of carbonyl (C=O) groups is 1. The number of aromatic nitrogens is 1. The van der Waals surface area contributed by atoms with Gasteiger partial charge in [0.1, 0.15) is 0 Å². The molecule has 0 aliphatic rings. The molecule has 0 bridgehead atoms. The SMILES string of the molecule is Cc1ccc(S(=O)(=O)C(C)OC(=O)ON=Cc2cccc(C)n2)cc1. The molecule has 1 atom stereocenters. The van der Waals surface area contributed by atoms with Crippen molar-refractivity contribution in [2.45, 2.75) is 31.1 Å². The van der Waals surface area contributed by atoms with Crippen LogP contribution in [0.15, 0.2) is 52.5 Å². The monoisotopic (exact) mass is 362 g/mol. The molecule has 2 aromatic rings. The first kappa shape index (κ1) is 18.6. The Bertz CT molecular complexity index is 876. The molecule has 0 radical (unpaired) electrons. The molecule has 8 heteroatoms. The first-order valence-corrected chi connectivity index (χ1v) is 8.99. The van der Waals surface area contributed by atoms with Gasteiger partial charge in [0.25, 0.3) is 0 Å². The molecule has 7 nitrogen and oxygen atoms in total. The van der Waals surface area contributed by atoms with E-state index in [-0.39, 0.29) is 4.90 Å². The van der Waals surface area contributed by atoms with Crippen LogP contribution in [0.4, 0.5) is 4.79 Å². The number of sulfone groups is 1. The molecular formula is C17H18N2O5S. The predicted molar refractivity (Wildman–Crippen MR) is 92.0 cm³/mol. The van der Waals surface area contributed by atoms with E-state index in [1.165, 1.54) is 25.3 Å². The Morgan fingerprint density at radius 3 is 2.48 bits per heavy atom. The summed E-state index contributed by atoms with van der Waals surface area (Å²) >= 11 is 0. The fourth-order valence-electron chi connectivity index (χ4n) is 1.90. The van der Waals surface area contributed by atoms with Crippen LogP contribution in [0.3, 0.4) is 0 Å². The number of hydrogen-bond acceptors (Lipinski definition) is 7. The van der Waals surface area contributed by atoms with Gasteiger partial charge in [-0.15, -0.1) is 0 Å². The van der Waals surface area contributed by atoms with Gasteiger partial charge in [-0.2, -0.15) is 0 Å². The standard InChI is InChI=1S/C17H18N2O5S/c1-12-7-9-16(10-8-12)25(21,22)14(3)23-17(20)24-18-11-15-6-4-5-13(2)19-15/h4-11,14H,1-3H3. The lowest BCUT2D eigenvalue weighted by atomic mass is 10.2. The van der Waals surface area contributed by atoms with E-state index in [2.05, 4.69) is 15.0 Å². The van der Waals surface area contributed by atoms with Crippen molar-refractivity contribution in [3.8, 4) is 0 Å². The average Bonchev–Trinajstić information content (AvgIpc) is 2.55. The lowest BCUT2D eigenvalue weighted by molar-refractivity contribution is 0.0515. The predicted octanol–water partition coefficient (Wildman–Crippen LogP) is 3.01. The van der Waals surface area contributed by atoms with Gasteiger partial charge in [0, 0.05) is 5.69 Å². The Labute approximate surface area is 146 Å². The second kappa shape index (κ2) is 7.89. The minimum atomic E-state index is -3.82. The molecule has 1 aromatic carbocycles. The molecule has 132 valence electrons. The number of benzene rings is 1. The van der Waals surface area contributed by atoms with Gasteiger partial charge >= 0.3 is 6.16 Å². The van der Waals surface area contributed by atoms with Crippen LogP contribution < -0.4 is 0 Å². The summed E-state index contributed by atoms with van der Waals surface area (Å²) in [7, 11) is -3.82. The van der Waals surface area contributed by atoms with Gasteiger partial charge < -0.3 is 4.74 Å². The summed E-state index contributed by atoms with van der Waals surface area (Å²) in [6.45, 7) is 4.90. The van der Waals surface area contributed by atoms with Crippen LogP contribution in [0, 0.1) is 13.8 Å². The van der Waals surface area contributed by atoms with Crippen LogP contribution in [0.5, 0.6) is 0 Å². The summed E-state index contributed by atoms with van der Waals surface area (Å²) in [5.74, 6) is 0. The molecule has 1 unspecified atom stereocenters. The van der Waals surface area contributed by atoms with Crippen molar-refractivity contribution in [2.24, 2.45) is 5.16 Å². The highest BCUT2D eigenvalue weighted by Crippen LogP contribution is 2.18. The maximum absolute atomic E-state index is 12.3. The Balaban J connectivity index is 1.96. The van der Waals surface area contributed by atoms with E-state index >= 15 is 0 Å². The van der Waals surface area contributed by atoms with E-state index in [4.69, 9.17) is 4.74 Å². The van der Waals surface area contributed by atoms with Gasteiger partial charge in [-0.05, 0) is 45.0 Å². The van der Waals surface area contributed by atoms with Crippen molar-refractivity contribution in [1.29, 1.82) is 0 Å². The molecule has 0 saturated heterocycles. The topological polar surface area (TPSA) is 94.9 Å². The van der Waals surface area contributed by atoms with Gasteiger partial charge in [-0.3, -0.25) is 9.82 Å². The fraction of sp³-hybridized carbons (Fsp3) is 0.235. The second-order valence-electron chi connectivity index (χ2n) is 5.32. The third kappa shape index (κ3) is 5.12. The van der Waals surface area contributed by atoms with E-state index in [0.717, 1.165) is 11.3 Å². The minimum Gasteiger partial charge on any atom is -0.413 e. The minimum absolute atomic E-state index is 0.0610. The average molecular weight is 362 g/mol. The van der Waals surface area contributed by atoms with Gasteiger partial charge in [0.2, 0.25) is 15.3 Å². The van der Waals surface area contributed by atoms with Crippen molar-refractivity contribution in [1.82, 2.24) is 4.98 Å². The van der Waals surface area contributed by atoms with Gasteiger partial charge in [-0.25, -0.2) is 13.2 Å². The summed E-state index contributed by atoms with van der Waals surface area (Å²) in [4.78, 5) is 20.3. The van der Waals surface area contributed by atoms with E-state index in [9.17, 15) is 13.2 Å². The highest BCUT2D eigenvalue weighted by molar-refractivity contribution is 7.91. The quantitative estimate of drug-likeness (QED) is 0.351. The number of aryl methyl sites for hydroxylation is 2. The molecule has 1 aromatic heterocycles. The van der Waals surface area contributed by atoms with Crippen molar-refractivity contribution < 1.29 is 22.8 Å². The summed E-state index contributed by atoms with van der Waals surface area (Å²) < 4.78 is 29.4. The number of hydrogen-bond donors (Lipinski definition) is 0. The third-order valence-electron chi connectivity index (χ3n) is 3.27. The van der Waals surface area contributed by atoms with E-state index < -0.39 is 21.4 Å². The van der Waals surface area contributed by atoms with E-state index in [0.29, 0.717) is 5.69 Å². The lowest BCUT2D eigenvalue weighted by Gasteiger charge is -2.12. The molecule has 0 aliphatic carbocycles. The number of nitrogens with zero attached hydrogens (tertiary/aromatic N) is 2. The van der Waals surface area contributed by atoms with Crippen LogP contribution in [-0.4, -0.2) is 31.2 Å². The molecule has 0 spiro atoms. The van der Waals surface area contributed by atoms with Crippen molar-refractivity contribution in [3.05, 3.63) is 59.4 Å². The number of oxime groups is 1. The number of carbonyl (C=O) groups excluding carboxylic acids is 1. The van der Waals surface area contributed by atoms with Crippen molar-refractivity contribution in [2.75, 3.05) is 0 Å². The molecule has 0 amide bonds. The zero-order valence-electron chi connectivity index (χ0n) is 14.0. The van der Waals surface area contributed by atoms with Crippen LogP contribution >= 0.6 is 0 Å². The Kier molecular flexibility index (Phi) is 5.87. The molecular weight excluding hydrogens is 344 g/mol. The number of rotatable bonds is 5. The molecule has 0 N–H and O–H groups in total. The highest BCUT2D eigenvalue weighted by atomic mass is 32.2. The largest absolute Gasteiger partial charge is 0.536 e. The van der Waals surface area contributed by atoms with Gasteiger partial charge in [0.05, 0.1) is 16.8 Å². The summed E-state index contributed by atoms with van der Waals surface area (Å²) in [5.41, 5.74) is 0.790. The van der Waals surface area contributed by atoms with Crippen molar-refractivity contribution >= 4 is 22.2 Å². The van der Waals surface area contributed by atoms with Gasteiger partial charge in [0.15, 0.2) is 0 Å². The van der Waals surface area contributed by atoms with Crippen LogP contribution in [-0.2, 0) is 19.4 Å². The molecule has 1 heterocycles. The zero-order valence-corrected chi connectivity index (χ0v) is 14.9. The fourth-order valence-corrected chi connectivity index (χ4v) is 3.00. The van der Waals surface area contributed by atoms with E-state index in [1.54, 1.807) is 24.3 Å². The molecule has 25 heavy (non-hydrogen) atoms. The first-order valence-electron chi connectivity index (χ1n) is 7.44. The van der Waals surface area contributed by atoms with Crippen molar-refractivity contribution in [3.63, 3.8) is 0 Å². The lowest BCUT2D eigenvalue weighted by Crippen LogP contribution is -2.24. The maximum atomic E-state index is 12.3. The van der Waals surface area contributed by atoms with E-state index in [1.807, 2.05) is 19.9 Å². The van der Waals surface area contributed by atoms with Crippen LogP contribution in [0.1, 0.15) is 23.9 Å². The molecule has 0 saturated carbocycles. The number of ether oxygens (including phenoxy) is 1. The summed E-state index contributed by atoms with van der Waals surface area (Å²) in [5, 5.41) is 3.45.